The molecule has 0 radical (unpaired) electrons. The Labute approximate surface area is 138 Å². The van der Waals surface area contributed by atoms with Gasteiger partial charge < -0.3 is 4.74 Å². The van der Waals surface area contributed by atoms with Gasteiger partial charge in [-0.05, 0) is 31.4 Å². The van der Waals surface area contributed by atoms with Gasteiger partial charge in [0, 0.05) is 19.3 Å². The van der Waals surface area contributed by atoms with E-state index in [1.165, 1.54) is 35.5 Å². The summed E-state index contributed by atoms with van der Waals surface area (Å²) in [5, 5.41) is 11.9. The number of hydrogen-bond acceptors (Lipinski definition) is 6. The predicted octanol–water partition coefficient (Wildman–Crippen LogP) is 0.761. The van der Waals surface area contributed by atoms with Gasteiger partial charge in [0.1, 0.15) is 11.1 Å². The molecule has 2 aliphatic rings. The first-order valence-electron chi connectivity index (χ1n) is 7.62. The van der Waals surface area contributed by atoms with Crippen LogP contribution in [0.5, 0.6) is 0 Å². The van der Waals surface area contributed by atoms with Crippen LogP contribution in [0.1, 0.15) is 40.1 Å². The summed E-state index contributed by atoms with van der Waals surface area (Å²) in [6.45, 7) is 0.806. The van der Waals surface area contributed by atoms with Gasteiger partial charge in [-0.3, -0.25) is 14.6 Å². The van der Waals surface area contributed by atoms with Crippen LogP contribution >= 0.6 is 0 Å². The predicted molar refractivity (Wildman–Crippen MR) is 80.2 cm³/mol. The normalized spacial score (nSPS) is 18.0. The topological polar surface area (TPSA) is 104 Å². The van der Waals surface area contributed by atoms with Crippen molar-refractivity contribution >= 4 is 17.8 Å². The molecule has 1 aliphatic heterocycles. The molecule has 1 saturated heterocycles. The summed E-state index contributed by atoms with van der Waals surface area (Å²) in [4.78, 5) is 40.5. The Morgan fingerprint density at radius 1 is 1.25 bits per heavy atom. The lowest BCUT2D eigenvalue weighted by molar-refractivity contribution is -0.144. The molecule has 24 heavy (non-hydrogen) atoms. The molecular weight excluding hydrogens is 312 g/mol. The lowest BCUT2D eigenvalue weighted by Gasteiger charge is -2.29. The van der Waals surface area contributed by atoms with E-state index >= 15 is 0 Å². The molecule has 2 heterocycles. The second-order valence-corrected chi connectivity index (χ2v) is 5.83. The summed E-state index contributed by atoms with van der Waals surface area (Å²) in [6.07, 6.45) is 2.98. The Hall–Kier alpha value is -2.95. The van der Waals surface area contributed by atoms with Crippen molar-refractivity contribution < 1.29 is 19.1 Å². The Morgan fingerprint density at radius 3 is 2.50 bits per heavy atom. The van der Waals surface area contributed by atoms with E-state index in [-0.39, 0.29) is 17.2 Å². The molecule has 0 spiro atoms. The van der Waals surface area contributed by atoms with Gasteiger partial charge in [0.25, 0.3) is 11.8 Å². The van der Waals surface area contributed by atoms with Crippen LogP contribution in [-0.2, 0) is 9.53 Å². The van der Waals surface area contributed by atoms with Crippen LogP contribution in [0.15, 0.2) is 18.3 Å². The van der Waals surface area contributed by atoms with Gasteiger partial charge in [0.2, 0.25) is 0 Å². The highest BCUT2D eigenvalue weighted by Gasteiger charge is 2.54. The number of hydrazine groups is 1. The van der Waals surface area contributed by atoms with Gasteiger partial charge in [-0.25, -0.2) is 14.8 Å². The monoisotopic (exact) mass is 328 g/mol. The number of rotatable bonds is 3. The highest BCUT2D eigenvalue weighted by molar-refractivity contribution is 5.97. The van der Waals surface area contributed by atoms with Gasteiger partial charge >= 0.3 is 5.97 Å². The third-order valence-electron chi connectivity index (χ3n) is 4.28. The van der Waals surface area contributed by atoms with E-state index in [4.69, 9.17) is 0 Å². The minimum atomic E-state index is -0.967. The van der Waals surface area contributed by atoms with Crippen molar-refractivity contribution in [2.45, 2.75) is 19.3 Å². The molecule has 1 aromatic heterocycles. The number of carbonyl (C=O) groups is 3. The standard InChI is InChI=1S/C16H16N4O4/c1-24-14(22)11-3-4-12(18-9-11)13(21)19-7-2-8-20(19)15(23)16(10-17)5-6-16/h3-4,9H,2,5-8H2,1H3. The molecule has 0 N–H and O–H groups in total. The average Bonchev–Trinajstić information content (AvgIpc) is 3.28. The van der Waals surface area contributed by atoms with Gasteiger partial charge in [-0.15, -0.1) is 0 Å². The summed E-state index contributed by atoms with van der Waals surface area (Å²) in [7, 11) is 1.26. The molecule has 1 aromatic rings. The fourth-order valence-corrected chi connectivity index (χ4v) is 2.67. The number of nitriles is 1. The van der Waals surface area contributed by atoms with Crippen LogP contribution in [0.25, 0.3) is 0 Å². The van der Waals surface area contributed by atoms with E-state index in [9.17, 15) is 19.6 Å². The molecule has 8 nitrogen and oxygen atoms in total. The van der Waals surface area contributed by atoms with Crippen LogP contribution in [0, 0.1) is 16.7 Å². The van der Waals surface area contributed by atoms with Crippen molar-refractivity contribution in [1.29, 1.82) is 5.26 Å². The number of ether oxygens (including phenoxy) is 1. The maximum Gasteiger partial charge on any atom is 0.339 e. The highest BCUT2D eigenvalue weighted by atomic mass is 16.5. The second kappa shape index (κ2) is 5.92. The number of nitrogens with zero attached hydrogens (tertiary/aromatic N) is 4. The zero-order valence-corrected chi connectivity index (χ0v) is 13.2. The quantitative estimate of drug-likeness (QED) is 0.759. The van der Waals surface area contributed by atoms with Crippen molar-refractivity contribution in [3.63, 3.8) is 0 Å². The molecule has 124 valence electrons. The number of methoxy groups -OCH3 is 1. The molecule has 2 fully saturated rings. The fraction of sp³-hybridized carbons (Fsp3) is 0.438. The number of aromatic nitrogens is 1. The number of pyridine rings is 1. The van der Waals surface area contributed by atoms with Crippen molar-refractivity contribution in [3.05, 3.63) is 29.6 Å². The lowest BCUT2D eigenvalue weighted by atomic mass is 10.1. The van der Waals surface area contributed by atoms with Crippen LogP contribution in [-0.4, -0.2) is 53.0 Å². The Kier molecular flexibility index (Phi) is 3.93. The third kappa shape index (κ3) is 2.58. The summed E-state index contributed by atoms with van der Waals surface area (Å²) in [5.74, 6) is -1.28. The zero-order chi connectivity index (χ0) is 17.3. The van der Waals surface area contributed by atoms with Crippen molar-refractivity contribution in [3.8, 4) is 6.07 Å². The van der Waals surface area contributed by atoms with E-state index < -0.39 is 17.3 Å². The molecule has 0 bridgehead atoms. The molecule has 0 aromatic carbocycles. The van der Waals surface area contributed by atoms with E-state index in [0.29, 0.717) is 32.4 Å². The lowest BCUT2D eigenvalue weighted by Crippen LogP contribution is -2.47. The first kappa shape index (κ1) is 15.9. The van der Waals surface area contributed by atoms with E-state index in [1.807, 2.05) is 0 Å². The first-order valence-corrected chi connectivity index (χ1v) is 7.62. The maximum atomic E-state index is 12.6. The third-order valence-corrected chi connectivity index (χ3v) is 4.28. The summed E-state index contributed by atoms with van der Waals surface area (Å²) in [5.41, 5.74) is -0.598. The first-order chi connectivity index (χ1) is 11.5. The number of amides is 2. The molecule has 8 heteroatoms. The summed E-state index contributed by atoms with van der Waals surface area (Å²) >= 11 is 0. The van der Waals surface area contributed by atoms with Gasteiger partial charge in [-0.2, -0.15) is 5.26 Å². The average molecular weight is 328 g/mol. The van der Waals surface area contributed by atoms with Crippen LogP contribution in [0.4, 0.5) is 0 Å². The van der Waals surface area contributed by atoms with Crippen molar-refractivity contribution in [2.24, 2.45) is 5.41 Å². The Morgan fingerprint density at radius 2 is 1.96 bits per heavy atom. The van der Waals surface area contributed by atoms with Gasteiger partial charge in [0.05, 0.1) is 18.7 Å². The van der Waals surface area contributed by atoms with Crippen molar-refractivity contribution in [2.75, 3.05) is 20.2 Å². The SMILES string of the molecule is COC(=O)c1ccc(C(=O)N2CCCN2C(=O)C2(C#N)CC2)nc1. The zero-order valence-electron chi connectivity index (χ0n) is 13.2. The summed E-state index contributed by atoms with van der Waals surface area (Å²) < 4.78 is 4.58. The minimum Gasteiger partial charge on any atom is -0.465 e. The number of hydrogen-bond donors (Lipinski definition) is 0. The van der Waals surface area contributed by atoms with Crippen molar-refractivity contribution in [1.82, 2.24) is 15.0 Å². The van der Waals surface area contributed by atoms with E-state index in [0.717, 1.165) is 0 Å². The molecule has 0 atom stereocenters. The second-order valence-electron chi connectivity index (χ2n) is 5.83. The molecule has 2 amide bonds. The largest absolute Gasteiger partial charge is 0.465 e. The van der Waals surface area contributed by atoms with Crippen LogP contribution in [0.3, 0.4) is 0 Å². The molecule has 1 aliphatic carbocycles. The number of esters is 1. The smallest absolute Gasteiger partial charge is 0.339 e. The molecule has 3 rings (SSSR count). The number of carbonyl (C=O) groups excluding carboxylic acids is 3. The highest BCUT2D eigenvalue weighted by Crippen LogP contribution is 2.47. The Balaban J connectivity index is 1.78. The molecule has 0 unspecified atom stereocenters. The van der Waals surface area contributed by atoms with Crippen LogP contribution in [0.2, 0.25) is 0 Å². The van der Waals surface area contributed by atoms with E-state index in [1.54, 1.807) is 0 Å². The van der Waals surface area contributed by atoms with Gasteiger partial charge in [-0.1, -0.05) is 0 Å². The Bertz CT molecular complexity index is 733. The molecular formula is C16H16N4O4. The van der Waals surface area contributed by atoms with Gasteiger partial charge in [0.15, 0.2) is 0 Å². The molecule has 1 saturated carbocycles. The van der Waals surface area contributed by atoms with Crippen LogP contribution < -0.4 is 0 Å². The van der Waals surface area contributed by atoms with E-state index in [2.05, 4.69) is 15.8 Å². The minimum absolute atomic E-state index is 0.129. The summed E-state index contributed by atoms with van der Waals surface area (Å²) in [6, 6.07) is 4.93. The maximum absolute atomic E-state index is 12.6. The fourth-order valence-electron chi connectivity index (χ4n) is 2.67.